The summed E-state index contributed by atoms with van der Waals surface area (Å²) in [4.78, 5) is 1.97. The third-order valence-corrected chi connectivity index (χ3v) is 0.596. The van der Waals surface area contributed by atoms with E-state index in [0.717, 1.165) is 0 Å². The first-order chi connectivity index (χ1) is 4.13. The van der Waals surface area contributed by atoms with Crippen molar-refractivity contribution in [2.75, 3.05) is 4.93 Å². The van der Waals surface area contributed by atoms with Crippen LogP contribution < -0.4 is 18.9 Å². The molecule has 0 amide bonds. The van der Waals surface area contributed by atoms with E-state index in [-0.39, 0.29) is 18.9 Å². The molecule has 0 saturated carbocycles. The van der Waals surface area contributed by atoms with Gasteiger partial charge in [0.05, 0.1) is 0 Å². The van der Waals surface area contributed by atoms with Crippen molar-refractivity contribution < 1.29 is 18.9 Å². The van der Waals surface area contributed by atoms with Crippen LogP contribution in [0.25, 0.3) is 5.32 Å². The van der Waals surface area contributed by atoms with Gasteiger partial charge in [-0.3, -0.25) is 0 Å². The first-order valence-corrected chi connectivity index (χ1v) is 5.36. The van der Waals surface area contributed by atoms with Crippen LogP contribution in [-0.2, 0) is 0 Å². The molecular weight excluding hydrogens is 232 g/mol. The molecule has 0 heterocycles. The molecule has 0 aliphatic carbocycles. The summed E-state index contributed by atoms with van der Waals surface area (Å²) in [6.07, 6.45) is 0. The van der Waals surface area contributed by atoms with E-state index >= 15 is 0 Å². The van der Waals surface area contributed by atoms with E-state index in [1.54, 1.807) is 0 Å². The molecule has 0 atom stereocenters. The molecule has 0 fully saturated rings. The number of hydrogen-bond acceptors (Lipinski definition) is 0. The zero-order valence-electron chi connectivity index (χ0n) is 7.98. The van der Waals surface area contributed by atoms with Gasteiger partial charge in [-0.1, -0.05) is 50.3 Å². The summed E-state index contributed by atoms with van der Waals surface area (Å²) in [6.45, 7) is 8.39. The molecule has 3 heteroatoms. The topological polar surface area (TPSA) is 14.1 Å². The largest absolute Gasteiger partial charge is 1.00 e. The van der Waals surface area contributed by atoms with Gasteiger partial charge in [-0.2, -0.15) is 0 Å². The number of halogens is 1. The Labute approximate surface area is 91.0 Å². The molecule has 0 aliphatic heterocycles. The fraction of sp³-hybridized carbons (Fsp3) is 1.00. The van der Waals surface area contributed by atoms with Crippen molar-refractivity contribution in [1.29, 1.82) is 0 Å². The quantitative estimate of drug-likeness (QED) is 0.378. The second kappa shape index (κ2) is 12.9. The van der Waals surface area contributed by atoms with Gasteiger partial charge in [0.2, 0.25) is 0 Å². The fourth-order valence-corrected chi connectivity index (χ4v) is 0.596. The molecule has 0 spiro atoms. The van der Waals surface area contributed by atoms with Crippen LogP contribution >= 0.6 is 22.6 Å². The Morgan fingerprint density at radius 2 is 1.10 bits per heavy atom. The van der Waals surface area contributed by atoms with Gasteiger partial charge in [0.1, 0.15) is 0 Å². The van der Waals surface area contributed by atoms with Gasteiger partial charge in [-0.15, -0.1) is 12.1 Å². The number of nitrogens with zero attached hydrogens (tertiary/aromatic N) is 1. The van der Waals surface area contributed by atoms with Crippen LogP contribution in [0.3, 0.4) is 0 Å². The molecule has 0 bridgehead atoms. The molecule has 1 nitrogen and oxygen atoms in total. The Bertz CT molecular complexity index is 42.9. The van der Waals surface area contributed by atoms with Crippen molar-refractivity contribution in [2.24, 2.45) is 0 Å². The number of alkyl halides is 1. The van der Waals surface area contributed by atoms with E-state index in [1.807, 2.05) is 4.93 Å². The van der Waals surface area contributed by atoms with E-state index in [1.165, 1.54) is 0 Å². The van der Waals surface area contributed by atoms with E-state index in [2.05, 4.69) is 55.6 Å². The second-order valence-corrected chi connectivity index (χ2v) is 2.34. The SMILES string of the molecule is CC(C)[N-]C(C)C.CI.[Li+]. The van der Waals surface area contributed by atoms with Gasteiger partial charge in [0.15, 0.2) is 0 Å². The predicted octanol–water partition coefficient (Wildman–Crippen LogP) is 0.232. The molecule has 0 N–H and O–H groups in total. The summed E-state index contributed by atoms with van der Waals surface area (Å²) in [5.41, 5.74) is 0. The first-order valence-electron chi connectivity index (χ1n) is 3.20. The van der Waals surface area contributed by atoms with E-state index in [4.69, 9.17) is 0 Å². The van der Waals surface area contributed by atoms with Crippen LogP contribution in [0.1, 0.15) is 27.7 Å². The fourth-order valence-electron chi connectivity index (χ4n) is 0.596. The van der Waals surface area contributed by atoms with Crippen LogP contribution in [0.15, 0.2) is 0 Å². The smallest absolute Gasteiger partial charge is 0.658 e. The average molecular weight is 249 g/mol. The molecule has 0 rings (SSSR count). The second-order valence-electron chi connectivity index (χ2n) is 2.34. The maximum atomic E-state index is 4.28. The van der Waals surface area contributed by atoms with Crippen molar-refractivity contribution in [2.45, 2.75) is 39.8 Å². The molecule has 0 aromatic heterocycles. The maximum Gasteiger partial charge on any atom is 1.00 e. The van der Waals surface area contributed by atoms with Gasteiger partial charge in [-0.05, 0) is 4.93 Å². The molecule has 0 aromatic carbocycles. The number of rotatable bonds is 2. The summed E-state index contributed by atoms with van der Waals surface area (Å²) in [7, 11) is 0. The third kappa shape index (κ3) is 22.8. The average Bonchev–Trinajstić information content (AvgIpc) is 1.68. The van der Waals surface area contributed by atoms with Crippen molar-refractivity contribution in [3.05, 3.63) is 5.32 Å². The predicted molar refractivity (Wildman–Crippen MR) is 53.6 cm³/mol. The van der Waals surface area contributed by atoms with Crippen LogP contribution in [0, 0.1) is 0 Å². The zero-order valence-corrected chi connectivity index (χ0v) is 10.1. The third-order valence-electron chi connectivity index (χ3n) is 0.596. The monoisotopic (exact) mass is 249 g/mol. The molecule has 0 saturated heterocycles. The Morgan fingerprint density at radius 1 is 0.900 bits per heavy atom. The van der Waals surface area contributed by atoms with Crippen LogP contribution in [0.2, 0.25) is 0 Å². The molecule has 0 unspecified atom stereocenters. The van der Waals surface area contributed by atoms with Gasteiger partial charge < -0.3 is 5.32 Å². The molecule has 0 radical (unpaired) electrons. The van der Waals surface area contributed by atoms with E-state index in [9.17, 15) is 0 Å². The Kier molecular flexibility index (Phi) is 22.5. The van der Waals surface area contributed by atoms with E-state index < -0.39 is 0 Å². The summed E-state index contributed by atoms with van der Waals surface area (Å²) in [5.74, 6) is 0. The van der Waals surface area contributed by atoms with Crippen LogP contribution in [0.4, 0.5) is 0 Å². The molecule has 58 valence electrons. The summed E-state index contributed by atoms with van der Waals surface area (Å²) in [5, 5.41) is 4.28. The molecule has 0 aromatic rings. The van der Waals surface area contributed by atoms with Crippen LogP contribution in [0.5, 0.6) is 0 Å². The first kappa shape index (κ1) is 17.4. The minimum Gasteiger partial charge on any atom is -0.658 e. The van der Waals surface area contributed by atoms with Crippen molar-refractivity contribution in [3.8, 4) is 0 Å². The van der Waals surface area contributed by atoms with Gasteiger partial charge >= 0.3 is 18.9 Å². The summed E-state index contributed by atoms with van der Waals surface area (Å²) < 4.78 is 0. The standard InChI is InChI=1S/C6H14N.CH3I.Li/c1-5(2)7-6(3)4;1-2;/h5-6H,1-4H3;1H3;/q-1;;+1. The summed E-state index contributed by atoms with van der Waals surface area (Å²) in [6, 6.07) is 1.000. The minimum atomic E-state index is 0. The van der Waals surface area contributed by atoms with Crippen LogP contribution in [-0.4, -0.2) is 17.0 Å². The Balaban J connectivity index is -0.000000149. The van der Waals surface area contributed by atoms with Gasteiger partial charge in [0.25, 0.3) is 0 Å². The Morgan fingerprint density at radius 3 is 1.10 bits per heavy atom. The van der Waals surface area contributed by atoms with Gasteiger partial charge in [0, 0.05) is 0 Å². The number of hydrogen-bond donors (Lipinski definition) is 0. The van der Waals surface area contributed by atoms with E-state index in [0.29, 0.717) is 12.1 Å². The Hall–Kier alpha value is 1.29. The van der Waals surface area contributed by atoms with Gasteiger partial charge in [-0.25, -0.2) is 0 Å². The molecule has 10 heavy (non-hydrogen) atoms. The van der Waals surface area contributed by atoms with Crippen molar-refractivity contribution in [1.82, 2.24) is 0 Å². The molecule has 0 aliphatic rings. The van der Waals surface area contributed by atoms with Crippen molar-refractivity contribution in [3.63, 3.8) is 0 Å². The zero-order chi connectivity index (χ0) is 7.86. The van der Waals surface area contributed by atoms with Crippen molar-refractivity contribution >= 4 is 22.6 Å². The maximum absolute atomic E-state index is 4.28. The minimum absolute atomic E-state index is 0. The summed E-state index contributed by atoms with van der Waals surface area (Å²) >= 11 is 2.15. The normalized spacial score (nSPS) is 8.40. The molecular formula is C7H17ILiN.